The number of rotatable bonds is 6. The van der Waals surface area contributed by atoms with Crippen LogP contribution in [0, 0.1) is 24.6 Å². The summed E-state index contributed by atoms with van der Waals surface area (Å²) in [5.41, 5.74) is 0.877. The molecule has 0 aromatic heterocycles. The lowest BCUT2D eigenvalue weighted by Crippen LogP contribution is -2.24. The Hall–Kier alpha value is -0.810. The molecule has 0 amide bonds. The lowest BCUT2D eigenvalue weighted by Gasteiger charge is -2.20. The summed E-state index contributed by atoms with van der Waals surface area (Å²) in [7, 11) is 1.66. The molecule has 1 aromatic carbocycles. The topological polar surface area (TPSA) is 43.4 Å². The Morgan fingerprint density at radius 3 is 2.53 bits per heavy atom. The Labute approximate surface area is 118 Å². The van der Waals surface area contributed by atoms with Gasteiger partial charge in [0.05, 0.1) is 12.4 Å². The van der Waals surface area contributed by atoms with Crippen molar-refractivity contribution in [3.8, 4) is 5.75 Å². The van der Waals surface area contributed by atoms with Gasteiger partial charge in [-0.05, 0) is 30.5 Å². The van der Waals surface area contributed by atoms with Crippen LogP contribution in [-0.4, -0.2) is 20.8 Å². The van der Waals surface area contributed by atoms with E-state index in [1.165, 1.54) is 6.07 Å². The highest BCUT2D eigenvalue weighted by Gasteiger charge is 2.21. The summed E-state index contributed by atoms with van der Waals surface area (Å²) >= 11 is 0. The fourth-order valence-electron chi connectivity index (χ4n) is 1.61. The number of halogens is 2. The minimum atomic E-state index is -3.59. The summed E-state index contributed by atoms with van der Waals surface area (Å²) < 4.78 is 41.1. The van der Waals surface area contributed by atoms with E-state index in [9.17, 15) is 12.8 Å². The van der Waals surface area contributed by atoms with Crippen LogP contribution in [0.2, 0.25) is 0 Å². The smallest absolute Gasteiger partial charge is 0.233 e. The second-order valence-corrected chi connectivity index (χ2v) is 7.78. The quantitative estimate of drug-likeness (QED) is 0.757. The number of hydrogen-bond acceptors (Lipinski definition) is 3. The first-order chi connectivity index (χ1) is 8.69. The molecule has 0 aliphatic rings. The van der Waals surface area contributed by atoms with Gasteiger partial charge < -0.3 is 4.74 Å². The van der Waals surface area contributed by atoms with Crippen molar-refractivity contribution < 1.29 is 17.5 Å². The third kappa shape index (κ3) is 5.78. The highest BCUT2D eigenvalue weighted by Crippen LogP contribution is 2.22. The summed E-state index contributed by atoms with van der Waals surface area (Å²) in [6, 6.07) is 4.56. The average molecular weight is 309 g/mol. The van der Waals surface area contributed by atoms with E-state index < -0.39 is 14.9 Å². The van der Waals surface area contributed by atoms with Crippen molar-refractivity contribution >= 4 is 19.7 Å². The molecule has 1 unspecified atom stereocenters. The molecule has 1 atom stereocenters. The van der Waals surface area contributed by atoms with E-state index in [1.807, 2.05) is 20.8 Å². The summed E-state index contributed by atoms with van der Waals surface area (Å²) in [4.78, 5) is 0. The lowest BCUT2D eigenvalue weighted by atomic mass is 9.99. The number of hydrogen-bond donors (Lipinski definition) is 0. The molecule has 0 aliphatic heterocycles. The fraction of sp³-hybridized carbons (Fsp3) is 0.538. The molecule has 0 aliphatic carbocycles. The van der Waals surface area contributed by atoms with Crippen LogP contribution in [0.1, 0.15) is 19.4 Å². The standard InChI is InChI=1S/C13H18ClFO3S/c1-9(2)11(8-19(14,16)17)7-18-13-6-10(3)4-5-12(13)15/h4-6,9,11H,7-8H2,1-3H3. The molecule has 1 rings (SSSR count). The van der Waals surface area contributed by atoms with Crippen molar-refractivity contribution in [2.45, 2.75) is 20.8 Å². The van der Waals surface area contributed by atoms with Crippen LogP contribution in [0.15, 0.2) is 18.2 Å². The normalized spacial score (nSPS) is 13.6. The van der Waals surface area contributed by atoms with Gasteiger partial charge in [0.1, 0.15) is 0 Å². The monoisotopic (exact) mass is 308 g/mol. The van der Waals surface area contributed by atoms with Crippen LogP contribution >= 0.6 is 10.7 Å². The molecule has 0 saturated carbocycles. The van der Waals surface area contributed by atoms with E-state index >= 15 is 0 Å². The maximum absolute atomic E-state index is 13.5. The molecule has 0 N–H and O–H groups in total. The van der Waals surface area contributed by atoms with E-state index in [0.717, 1.165) is 5.56 Å². The number of benzene rings is 1. The first-order valence-corrected chi connectivity index (χ1v) is 8.48. The molecule has 0 saturated heterocycles. The van der Waals surface area contributed by atoms with E-state index in [0.29, 0.717) is 0 Å². The van der Waals surface area contributed by atoms with Crippen molar-refractivity contribution in [2.24, 2.45) is 11.8 Å². The van der Waals surface area contributed by atoms with E-state index in [2.05, 4.69) is 0 Å². The molecular weight excluding hydrogens is 291 g/mol. The third-order valence-corrected chi connectivity index (χ3v) is 4.10. The van der Waals surface area contributed by atoms with E-state index in [1.54, 1.807) is 12.1 Å². The Bertz CT molecular complexity index is 529. The van der Waals surface area contributed by atoms with Gasteiger partial charge in [-0.2, -0.15) is 0 Å². The Morgan fingerprint density at radius 2 is 2.00 bits per heavy atom. The minimum Gasteiger partial charge on any atom is -0.490 e. The van der Waals surface area contributed by atoms with Crippen LogP contribution in [-0.2, 0) is 9.05 Å². The van der Waals surface area contributed by atoms with Gasteiger partial charge in [0.15, 0.2) is 11.6 Å². The molecule has 108 valence electrons. The molecule has 0 radical (unpaired) electrons. The summed E-state index contributed by atoms with van der Waals surface area (Å²) in [5, 5.41) is 0. The highest BCUT2D eigenvalue weighted by atomic mass is 35.7. The van der Waals surface area contributed by atoms with Gasteiger partial charge >= 0.3 is 0 Å². The molecule has 6 heteroatoms. The Kier molecular flexibility index (Phi) is 5.62. The predicted octanol–water partition coefficient (Wildman–Crippen LogP) is 3.35. The van der Waals surface area contributed by atoms with Crippen LogP contribution < -0.4 is 4.74 Å². The second kappa shape index (κ2) is 6.57. The molecule has 19 heavy (non-hydrogen) atoms. The number of aryl methyl sites for hydroxylation is 1. The lowest BCUT2D eigenvalue weighted by molar-refractivity contribution is 0.217. The summed E-state index contributed by atoms with van der Waals surface area (Å²) in [6.07, 6.45) is 0. The van der Waals surface area contributed by atoms with Gasteiger partial charge in [-0.3, -0.25) is 0 Å². The Morgan fingerprint density at radius 1 is 1.37 bits per heavy atom. The third-order valence-electron chi connectivity index (χ3n) is 2.90. The van der Waals surface area contributed by atoms with Gasteiger partial charge in [0, 0.05) is 16.6 Å². The maximum Gasteiger partial charge on any atom is 0.233 e. The highest BCUT2D eigenvalue weighted by molar-refractivity contribution is 8.13. The zero-order valence-electron chi connectivity index (χ0n) is 11.2. The largest absolute Gasteiger partial charge is 0.490 e. The molecule has 0 fully saturated rings. The molecule has 3 nitrogen and oxygen atoms in total. The van der Waals surface area contributed by atoms with Crippen LogP contribution in [0.5, 0.6) is 5.75 Å². The second-order valence-electron chi connectivity index (χ2n) is 4.95. The van der Waals surface area contributed by atoms with Crippen molar-refractivity contribution in [1.82, 2.24) is 0 Å². The Balaban J connectivity index is 2.74. The maximum atomic E-state index is 13.5. The predicted molar refractivity (Wildman–Crippen MR) is 74.6 cm³/mol. The molecule has 0 heterocycles. The van der Waals surface area contributed by atoms with Crippen LogP contribution in [0.25, 0.3) is 0 Å². The van der Waals surface area contributed by atoms with Gasteiger partial charge in [-0.15, -0.1) is 0 Å². The zero-order chi connectivity index (χ0) is 14.6. The van der Waals surface area contributed by atoms with Crippen molar-refractivity contribution in [1.29, 1.82) is 0 Å². The van der Waals surface area contributed by atoms with Crippen LogP contribution in [0.4, 0.5) is 4.39 Å². The fourth-order valence-corrected chi connectivity index (χ4v) is 3.08. The molecule has 0 bridgehead atoms. The van der Waals surface area contributed by atoms with Gasteiger partial charge in [-0.25, -0.2) is 12.8 Å². The first-order valence-electron chi connectivity index (χ1n) is 6.00. The van der Waals surface area contributed by atoms with E-state index in [4.69, 9.17) is 15.4 Å². The molecule has 1 aromatic rings. The van der Waals surface area contributed by atoms with Crippen molar-refractivity contribution in [2.75, 3.05) is 12.4 Å². The summed E-state index contributed by atoms with van der Waals surface area (Å²) in [5.74, 6) is -0.706. The average Bonchev–Trinajstić information content (AvgIpc) is 2.26. The van der Waals surface area contributed by atoms with Crippen molar-refractivity contribution in [3.63, 3.8) is 0 Å². The van der Waals surface area contributed by atoms with Gasteiger partial charge in [0.25, 0.3) is 0 Å². The van der Waals surface area contributed by atoms with Crippen LogP contribution in [0.3, 0.4) is 0 Å². The zero-order valence-corrected chi connectivity index (χ0v) is 12.8. The molecular formula is C13H18ClFO3S. The minimum absolute atomic E-state index is 0.0707. The van der Waals surface area contributed by atoms with Gasteiger partial charge in [-0.1, -0.05) is 19.9 Å². The summed E-state index contributed by atoms with van der Waals surface area (Å²) in [6.45, 7) is 5.70. The van der Waals surface area contributed by atoms with Crippen molar-refractivity contribution in [3.05, 3.63) is 29.6 Å². The molecule has 0 spiro atoms. The number of ether oxygens (including phenoxy) is 1. The van der Waals surface area contributed by atoms with Gasteiger partial charge in [0.2, 0.25) is 9.05 Å². The SMILES string of the molecule is Cc1ccc(F)c(OCC(CS(=O)(=O)Cl)C(C)C)c1. The van der Waals surface area contributed by atoms with E-state index in [-0.39, 0.29) is 29.9 Å². The first kappa shape index (κ1) is 16.2.